The first-order valence-electron chi connectivity index (χ1n) is 6.47. The Bertz CT molecular complexity index is 351. The summed E-state index contributed by atoms with van der Waals surface area (Å²) < 4.78 is 5.85. The molecule has 1 fully saturated rings. The van der Waals surface area contributed by atoms with E-state index in [1.807, 2.05) is 11.8 Å². The van der Waals surface area contributed by atoms with Crippen molar-refractivity contribution in [2.24, 2.45) is 0 Å². The Labute approximate surface area is 107 Å². The van der Waals surface area contributed by atoms with Crippen LogP contribution in [-0.2, 0) is 11.2 Å². The molecule has 2 unspecified atom stereocenters. The summed E-state index contributed by atoms with van der Waals surface area (Å²) in [7, 11) is 0. The molecule has 0 bridgehead atoms. The van der Waals surface area contributed by atoms with Crippen LogP contribution >= 0.6 is 11.8 Å². The lowest BCUT2D eigenvalue weighted by Crippen LogP contribution is -2.28. The first kappa shape index (κ1) is 11.6. The van der Waals surface area contributed by atoms with Crippen LogP contribution < -0.4 is 5.32 Å². The fourth-order valence-electron chi connectivity index (χ4n) is 2.59. The molecule has 2 aliphatic heterocycles. The zero-order chi connectivity index (χ0) is 11.5. The molecular formula is C14H19NOS. The molecule has 1 aromatic carbocycles. The van der Waals surface area contributed by atoms with Crippen molar-refractivity contribution in [2.45, 2.75) is 35.4 Å². The van der Waals surface area contributed by atoms with Crippen molar-refractivity contribution >= 4 is 11.8 Å². The molecule has 1 saturated heterocycles. The van der Waals surface area contributed by atoms with Crippen LogP contribution in [0, 0.1) is 0 Å². The van der Waals surface area contributed by atoms with Gasteiger partial charge in [0, 0.05) is 16.2 Å². The smallest absolute Gasteiger partial charge is 0.0620 e. The first-order chi connectivity index (χ1) is 8.42. The Balaban J connectivity index is 1.43. The van der Waals surface area contributed by atoms with Gasteiger partial charge in [-0.3, -0.25) is 0 Å². The van der Waals surface area contributed by atoms with E-state index >= 15 is 0 Å². The number of benzene rings is 1. The van der Waals surface area contributed by atoms with Crippen LogP contribution in [0.4, 0.5) is 0 Å². The van der Waals surface area contributed by atoms with E-state index in [2.05, 4.69) is 29.6 Å². The van der Waals surface area contributed by atoms with E-state index in [4.69, 9.17) is 4.74 Å². The van der Waals surface area contributed by atoms with Crippen LogP contribution in [0.25, 0.3) is 0 Å². The number of nitrogens with one attached hydrogen (secondary N) is 1. The van der Waals surface area contributed by atoms with Crippen molar-refractivity contribution in [2.75, 3.05) is 19.8 Å². The summed E-state index contributed by atoms with van der Waals surface area (Å²) in [6.07, 6.45) is 3.74. The average molecular weight is 249 g/mol. The van der Waals surface area contributed by atoms with E-state index in [1.165, 1.54) is 29.7 Å². The lowest BCUT2D eigenvalue weighted by molar-refractivity contribution is 0.117. The summed E-state index contributed by atoms with van der Waals surface area (Å²) in [5.41, 5.74) is 1.49. The lowest BCUT2D eigenvalue weighted by Gasteiger charge is -2.13. The molecular weight excluding hydrogens is 230 g/mol. The summed E-state index contributed by atoms with van der Waals surface area (Å²) in [6.45, 7) is 2.93. The molecule has 2 atom stereocenters. The van der Waals surface area contributed by atoms with Gasteiger partial charge in [-0.15, -0.1) is 11.8 Å². The molecule has 2 aliphatic rings. The topological polar surface area (TPSA) is 21.3 Å². The molecule has 2 nitrogen and oxygen atoms in total. The summed E-state index contributed by atoms with van der Waals surface area (Å²) in [6, 6.07) is 9.31. The van der Waals surface area contributed by atoms with Crippen LogP contribution in [0.2, 0.25) is 0 Å². The highest BCUT2D eigenvalue weighted by atomic mass is 32.2. The van der Waals surface area contributed by atoms with E-state index in [0.29, 0.717) is 11.3 Å². The molecule has 17 heavy (non-hydrogen) atoms. The standard InChI is InChI=1S/C14H19NOS/c1-2-6-14-11(4-1)8-13(17-14)10-16-9-12-5-3-7-15-12/h1-2,4,6,12-13,15H,3,5,7-10H2. The van der Waals surface area contributed by atoms with E-state index in [0.717, 1.165) is 19.8 Å². The van der Waals surface area contributed by atoms with E-state index in [1.54, 1.807) is 0 Å². The summed E-state index contributed by atoms with van der Waals surface area (Å²) in [5, 5.41) is 4.09. The second kappa shape index (κ2) is 5.42. The zero-order valence-corrected chi connectivity index (χ0v) is 10.8. The number of hydrogen-bond acceptors (Lipinski definition) is 3. The quantitative estimate of drug-likeness (QED) is 0.886. The minimum Gasteiger partial charge on any atom is -0.379 e. The van der Waals surface area contributed by atoms with Gasteiger partial charge < -0.3 is 10.1 Å². The van der Waals surface area contributed by atoms with Gasteiger partial charge in [0.15, 0.2) is 0 Å². The van der Waals surface area contributed by atoms with Gasteiger partial charge in [-0.2, -0.15) is 0 Å². The molecule has 0 spiro atoms. The summed E-state index contributed by atoms with van der Waals surface area (Å²) in [4.78, 5) is 1.44. The predicted octanol–water partition coefficient (Wildman–Crippen LogP) is 2.47. The highest BCUT2D eigenvalue weighted by Crippen LogP contribution is 2.36. The second-order valence-electron chi connectivity index (χ2n) is 4.88. The molecule has 1 aromatic rings. The third kappa shape index (κ3) is 2.84. The number of ether oxygens (including phenoxy) is 1. The fraction of sp³-hybridized carbons (Fsp3) is 0.571. The third-order valence-corrected chi connectivity index (χ3v) is 4.79. The maximum Gasteiger partial charge on any atom is 0.0620 e. The molecule has 0 aliphatic carbocycles. The molecule has 0 radical (unpaired) electrons. The number of fused-ring (bicyclic) bond motifs is 1. The summed E-state index contributed by atoms with van der Waals surface area (Å²) in [5.74, 6) is 0. The van der Waals surface area contributed by atoms with E-state index in [-0.39, 0.29) is 0 Å². The van der Waals surface area contributed by atoms with Crippen molar-refractivity contribution in [3.8, 4) is 0 Å². The second-order valence-corrected chi connectivity index (χ2v) is 6.22. The largest absolute Gasteiger partial charge is 0.379 e. The van der Waals surface area contributed by atoms with E-state index in [9.17, 15) is 0 Å². The van der Waals surface area contributed by atoms with Crippen LogP contribution in [0.15, 0.2) is 29.2 Å². The molecule has 2 heterocycles. The van der Waals surface area contributed by atoms with Crippen LogP contribution in [0.1, 0.15) is 18.4 Å². The molecule has 3 heteroatoms. The van der Waals surface area contributed by atoms with Gasteiger partial charge in [-0.05, 0) is 37.4 Å². The van der Waals surface area contributed by atoms with Crippen molar-refractivity contribution in [3.63, 3.8) is 0 Å². The lowest BCUT2D eigenvalue weighted by atomic mass is 10.1. The molecule has 3 rings (SSSR count). The maximum absolute atomic E-state index is 5.85. The van der Waals surface area contributed by atoms with Gasteiger partial charge in [0.1, 0.15) is 0 Å². The third-order valence-electron chi connectivity index (χ3n) is 3.50. The normalized spacial score (nSPS) is 27.3. The highest BCUT2D eigenvalue weighted by Gasteiger charge is 2.22. The van der Waals surface area contributed by atoms with Crippen molar-refractivity contribution < 1.29 is 4.74 Å². The molecule has 1 N–H and O–H groups in total. The molecule has 92 valence electrons. The van der Waals surface area contributed by atoms with Gasteiger partial charge in [0.05, 0.1) is 13.2 Å². The monoisotopic (exact) mass is 249 g/mol. The number of hydrogen-bond donors (Lipinski definition) is 1. The Morgan fingerprint density at radius 1 is 1.29 bits per heavy atom. The maximum atomic E-state index is 5.85. The van der Waals surface area contributed by atoms with Crippen LogP contribution in [-0.4, -0.2) is 31.1 Å². The Morgan fingerprint density at radius 3 is 3.06 bits per heavy atom. The SMILES string of the molecule is c1ccc2c(c1)CC(COCC1CCCN1)S2. The van der Waals surface area contributed by atoms with Gasteiger partial charge >= 0.3 is 0 Å². The molecule has 0 saturated carbocycles. The first-order valence-corrected chi connectivity index (χ1v) is 7.35. The summed E-state index contributed by atoms with van der Waals surface area (Å²) >= 11 is 1.97. The van der Waals surface area contributed by atoms with Crippen molar-refractivity contribution in [1.29, 1.82) is 0 Å². The van der Waals surface area contributed by atoms with Gasteiger partial charge in [0.2, 0.25) is 0 Å². The minimum atomic E-state index is 0.601. The number of rotatable bonds is 4. The van der Waals surface area contributed by atoms with Crippen molar-refractivity contribution in [1.82, 2.24) is 5.32 Å². The molecule has 0 aromatic heterocycles. The van der Waals surface area contributed by atoms with Crippen LogP contribution in [0.5, 0.6) is 0 Å². The van der Waals surface area contributed by atoms with Gasteiger partial charge in [-0.1, -0.05) is 18.2 Å². The Kier molecular flexibility index (Phi) is 3.69. The highest BCUT2D eigenvalue weighted by molar-refractivity contribution is 8.00. The van der Waals surface area contributed by atoms with E-state index < -0.39 is 0 Å². The molecule has 0 amide bonds. The Hall–Kier alpha value is -0.510. The van der Waals surface area contributed by atoms with Gasteiger partial charge in [0.25, 0.3) is 0 Å². The Morgan fingerprint density at radius 2 is 2.24 bits per heavy atom. The number of thioether (sulfide) groups is 1. The van der Waals surface area contributed by atoms with Gasteiger partial charge in [-0.25, -0.2) is 0 Å². The predicted molar refractivity (Wildman–Crippen MR) is 71.6 cm³/mol. The van der Waals surface area contributed by atoms with Crippen molar-refractivity contribution in [3.05, 3.63) is 29.8 Å². The minimum absolute atomic E-state index is 0.601. The average Bonchev–Trinajstić information content (AvgIpc) is 2.96. The fourth-order valence-corrected chi connectivity index (χ4v) is 3.83. The van der Waals surface area contributed by atoms with Crippen LogP contribution in [0.3, 0.4) is 0 Å². The zero-order valence-electron chi connectivity index (χ0n) is 10.0.